The molecule has 0 aliphatic rings. The number of benzene rings is 1. The van der Waals surface area contributed by atoms with Crippen LogP contribution in [0.2, 0.25) is 0 Å². The molecule has 0 saturated heterocycles. The van der Waals surface area contributed by atoms with Crippen LogP contribution in [0.5, 0.6) is 0 Å². The molecule has 96 valence electrons. The van der Waals surface area contributed by atoms with Crippen molar-refractivity contribution in [3.05, 3.63) is 30.5 Å². The lowest BCUT2D eigenvalue weighted by Gasteiger charge is -2.31. The number of aliphatic hydroxyl groups is 1. The lowest BCUT2D eigenvalue weighted by Crippen LogP contribution is -2.41. The third-order valence-electron chi connectivity index (χ3n) is 3.61. The van der Waals surface area contributed by atoms with Gasteiger partial charge in [-0.15, -0.1) is 5.10 Å². The molecule has 4 nitrogen and oxygen atoms in total. The summed E-state index contributed by atoms with van der Waals surface area (Å²) in [5, 5.41) is 23.2. The fourth-order valence-electron chi connectivity index (χ4n) is 2.06. The third kappa shape index (κ3) is 2.29. The zero-order valence-corrected chi connectivity index (χ0v) is 10.8. The van der Waals surface area contributed by atoms with Gasteiger partial charge in [-0.2, -0.15) is 5.10 Å². The second-order valence-electron chi connectivity index (χ2n) is 4.55. The van der Waals surface area contributed by atoms with Crippen LogP contribution >= 0.6 is 0 Å². The van der Waals surface area contributed by atoms with Crippen LogP contribution in [0.3, 0.4) is 0 Å². The zero-order chi connectivity index (χ0) is 13.0. The maximum atomic E-state index is 9.60. The summed E-state index contributed by atoms with van der Waals surface area (Å²) in [5.41, 5.74) is -0.321. The van der Waals surface area contributed by atoms with Crippen LogP contribution in [0.25, 0.3) is 10.8 Å². The molecule has 0 atom stereocenters. The molecule has 0 aliphatic carbocycles. The van der Waals surface area contributed by atoms with E-state index in [0.717, 1.165) is 29.4 Å². The Morgan fingerprint density at radius 2 is 1.94 bits per heavy atom. The Hall–Kier alpha value is -1.68. The molecule has 2 rings (SSSR count). The number of nitrogens with zero attached hydrogens (tertiary/aromatic N) is 2. The van der Waals surface area contributed by atoms with Gasteiger partial charge in [0.15, 0.2) is 5.82 Å². The van der Waals surface area contributed by atoms with E-state index in [-0.39, 0.29) is 12.1 Å². The fraction of sp³-hybridized carbons (Fsp3) is 0.429. The van der Waals surface area contributed by atoms with E-state index in [0.29, 0.717) is 0 Å². The predicted molar refractivity (Wildman–Crippen MR) is 73.6 cm³/mol. The quantitative estimate of drug-likeness (QED) is 0.850. The summed E-state index contributed by atoms with van der Waals surface area (Å²) >= 11 is 0. The number of rotatable bonds is 5. The first-order valence-electron chi connectivity index (χ1n) is 6.34. The van der Waals surface area contributed by atoms with Crippen molar-refractivity contribution < 1.29 is 5.11 Å². The van der Waals surface area contributed by atoms with Crippen LogP contribution < -0.4 is 5.32 Å². The summed E-state index contributed by atoms with van der Waals surface area (Å²) in [6.45, 7) is 4.21. The smallest absolute Gasteiger partial charge is 0.157 e. The van der Waals surface area contributed by atoms with Crippen LogP contribution in [0.15, 0.2) is 30.5 Å². The van der Waals surface area contributed by atoms with Gasteiger partial charge in [-0.25, -0.2) is 0 Å². The van der Waals surface area contributed by atoms with Crippen molar-refractivity contribution in [2.24, 2.45) is 0 Å². The van der Waals surface area contributed by atoms with E-state index in [2.05, 4.69) is 29.4 Å². The Morgan fingerprint density at radius 3 is 2.61 bits per heavy atom. The highest BCUT2D eigenvalue weighted by molar-refractivity contribution is 5.91. The van der Waals surface area contributed by atoms with E-state index < -0.39 is 0 Å². The molecular formula is C14H19N3O. The highest BCUT2D eigenvalue weighted by Gasteiger charge is 2.26. The maximum Gasteiger partial charge on any atom is 0.157 e. The van der Waals surface area contributed by atoms with Gasteiger partial charge in [-0.05, 0) is 12.8 Å². The van der Waals surface area contributed by atoms with Gasteiger partial charge in [-0.1, -0.05) is 38.1 Å². The minimum absolute atomic E-state index is 0.0882. The van der Waals surface area contributed by atoms with Crippen LogP contribution in [0.1, 0.15) is 26.7 Å². The first-order chi connectivity index (χ1) is 8.74. The second kappa shape index (κ2) is 5.31. The highest BCUT2D eigenvalue weighted by atomic mass is 16.3. The summed E-state index contributed by atoms with van der Waals surface area (Å²) in [7, 11) is 0. The van der Waals surface area contributed by atoms with Crippen molar-refractivity contribution in [2.75, 3.05) is 11.9 Å². The predicted octanol–water partition coefficient (Wildman–Crippen LogP) is 2.59. The van der Waals surface area contributed by atoms with E-state index in [4.69, 9.17) is 0 Å². The number of nitrogens with one attached hydrogen (secondary N) is 1. The molecule has 0 spiro atoms. The average molecular weight is 245 g/mol. The van der Waals surface area contributed by atoms with E-state index in [1.807, 2.05) is 24.3 Å². The minimum Gasteiger partial charge on any atom is -0.394 e. The van der Waals surface area contributed by atoms with Crippen molar-refractivity contribution in [1.82, 2.24) is 10.2 Å². The Balaban J connectivity index is 2.42. The number of hydrogen-bond acceptors (Lipinski definition) is 4. The van der Waals surface area contributed by atoms with E-state index in [1.165, 1.54) is 0 Å². The summed E-state index contributed by atoms with van der Waals surface area (Å²) < 4.78 is 0. The van der Waals surface area contributed by atoms with Gasteiger partial charge in [-0.3, -0.25) is 0 Å². The first kappa shape index (κ1) is 12.8. The first-order valence-corrected chi connectivity index (χ1v) is 6.34. The number of hydrogen-bond donors (Lipinski definition) is 2. The van der Waals surface area contributed by atoms with Gasteiger partial charge < -0.3 is 10.4 Å². The van der Waals surface area contributed by atoms with Crippen LogP contribution in [-0.4, -0.2) is 27.4 Å². The van der Waals surface area contributed by atoms with Gasteiger partial charge in [0.2, 0.25) is 0 Å². The van der Waals surface area contributed by atoms with Crippen molar-refractivity contribution >= 4 is 16.6 Å². The summed E-state index contributed by atoms with van der Waals surface area (Å²) in [4.78, 5) is 0. The topological polar surface area (TPSA) is 58.0 Å². The second-order valence-corrected chi connectivity index (χ2v) is 4.55. The largest absolute Gasteiger partial charge is 0.394 e. The van der Waals surface area contributed by atoms with E-state index in [1.54, 1.807) is 6.20 Å². The number of aliphatic hydroxyl groups excluding tert-OH is 1. The van der Waals surface area contributed by atoms with Gasteiger partial charge in [0, 0.05) is 10.8 Å². The van der Waals surface area contributed by atoms with Crippen LogP contribution in [0.4, 0.5) is 5.82 Å². The molecule has 2 aromatic rings. The van der Waals surface area contributed by atoms with Crippen LogP contribution in [-0.2, 0) is 0 Å². The number of aromatic nitrogens is 2. The molecule has 0 unspecified atom stereocenters. The number of anilines is 1. The van der Waals surface area contributed by atoms with E-state index in [9.17, 15) is 5.11 Å². The molecule has 18 heavy (non-hydrogen) atoms. The normalized spacial score (nSPS) is 11.7. The molecule has 1 aromatic heterocycles. The van der Waals surface area contributed by atoms with Gasteiger partial charge >= 0.3 is 0 Å². The Bertz CT molecular complexity index is 510. The van der Waals surface area contributed by atoms with Crippen LogP contribution in [0, 0.1) is 0 Å². The van der Waals surface area contributed by atoms with Crippen molar-refractivity contribution in [3.63, 3.8) is 0 Å². The van der Waals surface area contributed by atoms with Gasteiger partial charge in [0.1, 0.15) is 0 Å². The Morgan fingerprint density at radius 1 is 1.22 bits per heavy atom. The standard InChI is InChI=1S/C14H19N3O/c1-3-14(4-2,10-18)16-13-12-8-6-5-7-11(12)9-15-17-13/h5-9,18H,3-4,10H2,1-2H3,(H,16,17). The lowest BCUT2D eigenvalue weighted by atomic mass is 9.93. The highest BCUT2D eigenvalue weighted by Crippen LogP contribution is 2.25. The molecular weight excluding hydrogens is 226 g/mol. The van der Waals surface area contributed by atoms with Gasteiger partial charge in [0.05, 0.1) is 18.3 Å². The monoisotopic (exact) mass is 245 g/mol. The Labute approximate surface area is 107 Å². The fourth-order valence-corrected chi connectivity index (χ4v) is 2.06. The van der Waals surface area contributed by atoms with Gasteiger partial charge in [0.25, 0.3) is 0 Å². The lowest BCUT2D eigenvalue weighted by molar-refractivity contribution is 0.202. The molecule has 0 saturated carbocycles. The molecule has 4 heteroatoms. The summed E-state index contributed by atoms with van der Waals surface area (Å²) in [6.07, 6.45) is 3.43. The average Bonchev–Trinajstić information content (AvgIpc) is 2.45. The molecule has 0 fully saturated rings. The summed E-state index contributed by atoms with van der Waals surface area (Å²) in [5.74, 6) is 0.742. The van der Waals surface area contributed by atoms with E-state index >= 15 is 0 Å². The summed E-state index contributed by atoms with van der Waals surface area (Å²) in [6, 6.07) is 7.98. The SMILES string of the molecule is CCC(CC)(CO)Nc1nncc2ccccc12. The molecule has 0 aliphatic heterocycles. The molecule has 0 amide bonds. The Kier molecular flexibility index (Phi) is 3.77. The zero-order valence-electron chi connectivity index (χ0n) is 10.8. The minimum atomic E-state index is -0.321. The maximum absolute atomic E-state index is 9.60. The molecule has 1 heterocycles. The van der Waals surface area contributed by atoms with Crippen molar-refractivity contribution in [3.8, 4) is 0 Å². The third-order valence-corrected chi connectivity index (χ3v) is 3.61. The molecule has 2 N–H and O–H groups in total. The van der Waals surface area contributed by atoms with Crippen molar-refractivity contribution in [1.29, 1.82) is 0 Å². The number of fused-ring (bicyclic) bond motifs is 1. The molecule has 0 radical (unpaired) electrons. The molecule has 0 bridgehead atoms. The van der Waals surface area contributed by atoms with Crippen molar-refractivity contribution in [2.45, 2.75) is 32.2 Å². The molecule has 1 aromatic carbocycles.